The van der Waals surface area contributed by atoms with Crippen molar-refractivity contribution in [3.8, 4) is 5.75 Å². The number of methoxy groups -OCH3 is 1. The van der Waals surface area contributed by atoms with E-state index in [2.05, 4.69) is 31.2 Å². The van der Waals surface area contributed by atoms with Crippen LogP contribution in [0.2, 0.25) is 0 Å². The maximum Gasteiger partial charge on any atom is 0.162 e. The Hall–Kier alpha value is -1.07. The monoisotopic (exact) mass is 227 g/mol. The summed E-state index contributed by atoms with van der Waals surface area (Å²) in [6, 6.07) is 0. The number of nitrogens with zero attached hydrogens (tertiary/aromatic N) is 2. The largest absolute Gasteiger partial charge is 0.493 e. The molecule has 0 amide bonds. The van der Waals surface area contributed by atoms with Gasteiger partial charge in [0, 0.05) is 19.1 Å². The molecule has 1 aromatic heterocycles. The third-order valence-electron chi connectivity index (χ3n) is 2.31. The Morgan fingerprint density at radius 1 is 1.56 bits per heavy atom. The molecule has 0 spiro atoms. The molecule has 0 saturated carbocycles. The molecule has 0 aliphatic carbocycles. The standard InChI is InChI=1S/C11H21N3O2/c1-11(2,3)12-6-8(15)10-9(16-5)7-13-14(10)4/h7-8,12,15H,6H2,1-5H3. The fourth-order valence-electron chi connectivity index (χ4n) is 1.46. The number of aromatic nitrogens is 2. The van der Waals surface area contributed by atoms with Crippen molar-refractivity contribution in [2.24, 2.45) is 7.05 Å². The smallest absolute Gasteiger partial charge is 0.162 e. The van der Waals surface area contributed by atoms with Crippen molar-refractivity contribution in [1.82, 2.24) is 15.1 Å². The summed E-state index contributed by atoms with van der Waals surface area (Å²) < 4.78 is 6.78. The van der Waals surface area contributed by atoms with Gasteiger partial charge in [0.2, 0.25) is 0 Å². The average molecular weight is 227 g/mol. The SMILES string of the molecule is COc1cnn(C)c1C(O)CNC(C)(C)C. The first kappa shape index (κ1) is 13.0. The van der Waals surface area contributed by atoms with Crippen LogP contribution < -0.4 is 10.1 Å². The molecule has 5 heteroatoms. The fraction of sp³-hybridized carbons (Fsp3) is 0.727. The first-order chi connectivity index (χ1) is 7.35. The summed E-state index contributed by atoms with van der Waals surface area (Å²) in [5, 5.41) is 17.4. The summed E-state index contributed by atoms with van der Waals surface area (Å²) >= 11 is 0. The van der Waals surface area contributed by atoms with Gasteiger partial charge in [0.05, 0.1) is 13.3 Å². The second kappa shape index (κ2) is 4.84. The van der Waals surface area contributed by atoms with Gasteiger partial charge in [-0.3, -0.25) is 4.68 Å². The van der Waals surface area contributed by atoms with Crippen LogP contribution in [0, 0.1) is 0 Å². The topological polar surface area (TPSA) is 59.3 Å². The minimum Gasteiger partial charge on any atom is -0.493 e. The third kappa shape index (κ3) is 3.21. The molecule has 0 aliphatic rings. The van der Waals surface area contributed by atoms with Gasteiger partial charge in [-0.25, -0.2) is 0 Å². The van der Waals surface area contributed by atoms with Crippen LogP contribution in [0.25, 0.3) is 0 Å². The van der Waals surface area contributed by atoms with Crippen LogP contribution in [0.15, 0.2) is 6.20 Å². The average Bonchev–Trinajstić information content (AvgIpc) is 2.55. The molecule has 1 heterocycles. The van der Waals surface area contributed by atoms with Gasteiger partial charge in [-0.05, 0) is 20.8 Å². The molecule has 0 aliphatic heterocycles. The zero-order valence-electron chi connectivity index (χ0n) is 10.6. The molecule has 16 heavy (non-hydrogen) atoms. The molecule has 1 rings (SSSR count). The summed E-state index contributed by atoms with van der Waals surface area (Å²) in [5.74, 6) is 0.616. The van der Waals surface area contributed by atoms with Crippen molar-refractivity contribution in [2.45, 2.75) is 32.4 Å². The molecule has 5 nitrogen and oxygen atoms in total. The van der Waals surface area contributed by atoms with E-state index >= 15 is 0 Å². The fourth-order valence-corrected chi connectivity index (χ4v) is 1.46. The highest BCUT2D eigenvalue weighted by molar-refractivity contribution is 5.27. The van der Waals surface area contributed by atoms with Crippen LogP contribution in [0.5, 0.6) is 5.75 Å². The highest BCUT2D eigenvalue weighted by atomic mass is 16.5. The second-order valence-corrected chi connectivity index (χ2v) is 4.87. The Labute approximate surface area is 96.4 Å². The molecule has 0 fully saturated rings. The molecule has 0 radical (unpaired) electrons. The van der Waals surface area contributed by atoms with Crippen LogP contribution in [0.3, 0.4) is 0 Å². The lowest BCUT2D eigenvalue weighted by Gasteiger charge is -2.23. The number of hydrogen-bond acceptors (Lipinski definition) is 4. The van der Waals surface area contributed by atoms with Crippen LogP contribution in [0.1, 0.15) is 32.6 Å². The first-order valence-electron chi connectivity index (χ1n) is 5.34. The number of rotatable bonds is 4. The number of aliphatic hydroxyl groups is 1. The van der Waals surface area contributed by atoms with Crippen molar-refractivity contribution in [2.75, 3.05) is 13.7 Å². The van der Waals surface area contributed by atoms with Crippen molar-refractivity contribution >= 4 is 0 Å². The highest BCUT2D eigenvalue weighted by Crippen LogP contribution is 2.23. The molecule has 0 bridgehead atoms. The molecule has 2 N–H and O–H groups in total. The van der Waals surface area contributed by atoms with Crippen molar-refractivity contribution in [3.63, 3.8) is 0 Å². The van der Waals surface area contributed by atoms with Crippen LogP contribution in [-0.2, 0) is 7.05 Å². The Morgan fingerprint density at radius 3 is 2.69 bits per heavy atom. The molecular weight excluding hydrogens is 206 g/mol. The minimum atomic E-state index is -0.623. The predicted octanol–water partition coefficient (Wildman–Crippen LogP) is 0.850. The van der Waals surface area contributed by atoms with Crippen LogP contribution >= 0.6 is 0 Å². The Balaban J connectivity index is 2.72. The summed E-state index contributed by atoms with van der Waals surface area (Å²) in [5.41, 5.74) is 0.673. The minimum absolute atomic E-state index is 0.0210. The maximum absolute atomic E-state index is 10.1. The quantitative estimate of drug-likeness (QED) is 0.800. The zero-order chi connectivity index (χ0) is 12.3. The molecular formula is C11H21N3O2. The Bertz CT molecular complexity index is 341. The van der Waals surface area contributed by atoms with Crippen LogP contribution in [0.4, 0.5) is 0 Å². The molecule has 1 atom stereocenters. The van der Waals surface area contributed by atoms with Gasteiger partial charge in [0.1, 0.15) is 11.8 Å². The normalized spacial score (nSPS) is 13.9. The number of hydrogen-bond donors (Lipinski definition) is 2. The lowest BCUT2D eigenvalue weighted by Crippen LogP contribution is -2.38. The predicted molar refractivity (Wildman–Crippen MR) is 62.5 cm³/mol. The number of aliphatic hydroxyl groups excluding tert-OH is 1. The van der Waals surface area contributed by atoms with E-state index < -0.39 is 6.10 Å². The van der Waals surface area contributed by atoms with Crippen molar-refractivity contribution in [3.05, 3.63) is 11.9 Å². The van der Waals surface area contributed by atoms with Crippen LogP contribution in [-0.4, -0.2) is 34.1 Å². The van der Waals surface area contributed by atoms with Gasteiger partial charge in [-0.15, -0.1) is 0 Å². The first-order valence-corrected chi connectivity index (χ1v) is 5.34. The van der Waals surface area contributed by atoms with E-state index in [4.69, 9.17) is 4.74 Å². The number of nitrogens with one attached hydrogen (secondary N) is 1. The molecule has 1 unspecified atom stereocenters. The second-order valence-electron chi connectivity index (χ2n) is 4.87. The molecule has 92 valence electrons. The highest BCUT2D eigenvalue weighted by Gasteiger charge is 2.20. The number of β-amino-alcohol motifs (C(OH)–C–C–N with tert-alkyl or cyclic N) is 1. The van der Waals surface area contributed by atoms with Crippen molar-refractivity contribution in [1.29, 1.82) is 0 Å². The summed E-state index contributed by atoms with van der Waals surface area (Å²) in [4.78, 5) is 0. The zero-order valence-corrected chi connectivity index (χ0v) is 10.6. The number of aryl methyl sites for hydroxylation is 1. The van der Waals surface area contributed by atoms with Gasteiger partial charge in [-0.1, -0.05) is 0 Å². The van der Waals surface area contributed by atoms with E-state index in [1.165, 1.54) is 0 Å². The van der Waals surface area contributed by atoms with Gasteiger partial charge in [-0.2, -0.15) is 5.10 Å². The van der Waals surface area contributed by atoms with Gasteiger partial charge in [0.25, 0.3) is 0 Å². The van der Waals surface area contributed by atoms with E-state index in [1.807, 2.05) is 0 Å². The molecule has 0 aromatic carbocycles. The van der Waals surface area contributed by atoms with Crippen molar-refractivity contribution < 1.29 is 9.84 Å². The number of ether oxygens (including phenoxy) is 1. The van der Waals surface area contributed by atoms with Gasteiger partial charge in [0.15, 0.2) is 5.75 Å². The molecule has 0 saturated heterocycles. The Kier molecular flexibility index (Phi) is 3.93. The van der Waals surface area contributed by atoms with E-state index in [0.717, 1.165) is 0 Å². The lowest BCUT2D eigenvalue weighted by molar-refractivity contribution is 0.150. The Morgan fingerprint density at radius 2 is 2.19 bits per heavy atom. The molecule has 1 aromatic rings. The van der Waals surface area contributed by atoms with Gasteiger partial charge < -0.3 is 15.2 Å². The van der Waals surface area contributed by atoms with Gasteiger partial charge >= 0.3 is 0 Å². The summed E-state index contributed by atoms with van der Waals surface area (Å²) in [7, 11) is 3.36. The summed E-state index contributed by atoms with van der Waals surface area (Å²) in [6.07, 6.45) is 0.983. The summed E-state index contributed by atoms with van der Waals surface area (Å²) in [6.45, 7) is 6.64. The van der Waals surface area contributed by atoms with E-state index in [0.29, 0.717) is 18.0 Å². The van der Waals surface area contributed by atoms with E-state index in [9.17, 15) is 5.11 Å². The maximum atomic E-state index is 10.1. The third-order valence-corrected chi connectivity index (χ3v) is 2.31. The van der Waals surface area contributed by atoms with E-state index in [-0.39, 0.29) is 5.54 Å². The lowest BCUT2D eigenvalue weighted by atomic mass is 10.1. The van der Waals surface area contributed by atoms with E-state index in [1.54, 1.807) is 25.0 Å².